The molecular weight excluding hydrogens is 194 g/mol. The summed E-state index contributed by atoms with van der Waals surface area (Å²) in [6, 6.07) is -0.193. The van der Waals surface area contributed by atoms with E-state index in [-0.39, 0.29) is 17.4 Å². The molecule has 1 saturated heterocycles. The zero-order chi connectivity index (χ0) is 11.6. The van der Waals surface area contributed by atoms with Crippen molar-refractivity contribution in [3.63, 3.8) is 0 Å². The van der Waals surface area contributed by atoms with E-state index in [0.717, 1.165) is 19.1 Å². The van der Waals surface area contributed by atoms with Gasteiger partial charge in [-0.15, -0.1) is 0 Å². The third-order valence-electron chi connectivity index (χ3n) is 2.99. The van der Waals surface area contributed by atoms with Gasteiger partial charge in [0.05, 0.1) is 0 Å². The summed E-state index contributed by atoms with van der Waals surface area (Å²) in [6.07, 6.45) is 1.57. The molecule has 1 heterocycles. The fourth-order valence-corrected chi connectivity index (χ4v) is 2.49. The SMILES string of the molecule is CC(C)(C)[C@H]1C(C=O)CCCN1C(=O)O. The summed E-state index contributed by atoms with van der Waals surface area (Å²) in [4.78, 5) is 23.5. The molecule has 0 aromatic rings. The van der Waals surface area contributed by atoms with Crippen LogP contribution in [0.1, 0.15) is 33.6 Å². The number of hydrogen-bond acceptors (Lipinski definition) is 2. The third kappa shape index (κ3) is 2.49. The lowest BCUT2D eigenvalue weighted by molar-refractivity contribution is -0.116. The highest BCUT2D eigenvalue weighted by molar-refractivity contribution is 5.67. The summed E-state index contributed by atoms with van der Waals surface area (Å²) < 4.78 is 0. The molecule has 86 valence electrons. The van der Waals surface area contributed by atoms with Gasteiger partial charge in [-0.05, 0) is 18.3 Å². The van der Waals surface area contributed by atoms with E-state index in [1.165, 1.54) is 4.90 Å². The maximum absolute atomic E-state index is 11.1. The van der Waals surface area contributed by atoms with Crippen molar-refractivity contribution in [3.05, 3.63) is 0 Å². The first kappa shape index (κ1) is 12.0. The first-order valence-electron chi connectivity index (χ1n) is 5.33. The van der Waals surface area contributed by atoms with Gasteiger partial charge in [0.15, 0.2) is 0 Å². The average molecular weight is 213 g/mol. The van der Waals surface area contributed by atoms with Crippen LogP contribution < -0.4 is 0 Å². The van der Waals surface area contributed by atoms with Crippen LogP contribution in [0.3, 0.4) is 0 Å². The Hall–Kier alpha value is -1.06. The summed E-state index contributed by atoms with van der Waals surface area (Å²) in [5, 5.41) is 9.10. The second kappa shape index (κ2) is 4.21. The highest BCUT2D eigenvalue weighted by Gasteiger charge is 2.41. The lowest BCUT2D eigenvalue weighted by atomic mass is 9.75. The minimum absolute atomic E-state index is 0.158. The molecule has 1 aliphatic heterocycles. The second-order valence-corrected chi connectivity index (χ2v) is 5.23. The van der Waals surface area contributed by atoms with Gasteiger partial charge in [-0.1, -0.05) is 20.8 Å². The third-order valence-corrected chi connectivity index (χ3v) is 2.99. The predicted octanol–water partition coefficient (Wildman–Crippen LogP) is 1.99. The zero-order valence-electron chi connectivity index (χ0n) is 9.56. The van der Waals surface area contributed by atoms with Crippen molar-refractivity contribution in [1.29, 1.82) is 0 Å². The molecule has 1 aliphatic rings. The molecule has 1 amide bonds. The predicted molar refractivity (Wildman–Crippen MR) is 56.8 cm³/mol. The molecule has 0 spiro atoms. The van der Waals surface area contributed by atoms with Crippen LogP contribution in [-0.4, -0.2) is 35.0 Å². The number of aldehydes is 1. The summed E-state index contributed by atoms with van der Waals surface area (Å²) in [5.41, 5.74) is -0.190. The van der Waals surface area contributed by atoms with Gasteiger partial charge >= 0.3 is 6.09 Å². The molecule has 0 saturated carbocycles. The van der Waals surface area contributed by atoms with Crippen molar-refractivity contribution >= 4 is 12.4 Å². The highest BCUT2D eigenvalue weighted by Crippen LogP contribution is 2.35. The first-order chi connectivity index (χ1) is 6.88. The molecule has 4 nitrogen and oxygen atoms in total. The van der Waals surface area contributed by atoms with Crippen LogP contribution in [0, 0.1) is 11.3 Å². The standard InChI is InChI=1S/C11H19NO3/c1-11(2,3)9-8(7-13)5-4-6-12(9)10(14)15/h7-9H,4-6H2,1-3H3,(H,14,15)/t8?,9-/m1/s1. The summed E-state index contributed by atoms with van der Waals surface area (Å²) in [5.74, 6) is -0.158. The monoisotopic (exact) mass is 213 g/mol. The molecule has 0 aromatic carbocycles. The minimum atomic E-state index is -0.915. The maximum atomic E-state index is 11.1. The van der Waals surface area contributed by atoms with Crippen molar-refractivity contribution in [2.75, 3.05) is 6.54 Å². The van der Waals surface area contributed by atoms with Crippen molar-refractivity contribution < 1.29 is 14.7 Å². The molecule has 4 heteroatoms. The Morgan fingerprint density at radius 1 is 1.47 bits per heavy atom. The number of nitrogens with zero attached hydrogens (tertiary/aromatic N) is 1. The van der Waals surface area contributed by atoms with E-state index < -0.39 is 6.09 Å². The Balaban J connectivity index is 2.96. The van der Waals surface area contributed by atoms with Gasteiger partial charge in [0, 0.05) is 18.5 Å². The number of carbonyl (C=O) groups is 2. The maximum Gasteiger partial charge on any atom is 0.407 e. The van der Waals surface area contributed by atoms with Gasteiger partial charge in [0.1, 0.15) is 6.29 Å². The Morgan fingerprint density at radius 2 is 2.07 bits per heavy atom. The Kier molecular flexibility index (Phi) is 3.37. The van der Waals surface area contributed by atoms with Crippen LogP contribution in [0.2, 0.25) is 0 Å². The molecule has 0 radical (unpaired) electrons. The summed E-state index contributed by atoms with van der Waals surface area (Å²) >= 11 is 0. The normalized spacial score (nSPS) is 27.5. The summed E-state index contributed by atoms with van der Waals surface area (Å²) in [6.45, 7) is 6.49. The number of amides is 1. The van der Waals surface area contributed by atoms with Gasteiger partial charge in [-0.2, -0.15) is 0 Å². The van der Waals surface area contributed by atoms with Crippen molar-refractivity contribution in [2.24, 2.45) is 11.3 Å². The zero-order valence-corrected chi connectivity index (χ0v) is 9.56. The van der Waals surface area contributed by atoms with Crippen LogP contribution in [0.25, 0.3) is 0 Å². The van der Waals surface area contributed by atoms with Gasteiger partial charge in [0.2, 0.25) is 0 Å². The van der Waals surface area contributed by atoms with Crippen LogP contribution >= 0.6 is 0 Å². The fourth-order valence-electron chi connectivity index (χ4n) is 2.49. The molecule has 0 aromatic heterocycles. The Bertz CT molecular complexity index is 257. The lowest BCUT2D eigenvalue weighted by Gasteiger charge is -2.44. The van der Waals surface area contributed by atoms with Crippen molar-refractivity contribution in [1.82, 2.24) is 4.90 Å². The van der Waals surface area contributed by atoms with Crippen molar-refractivity contribution in [3.8, 4) is 0 Å². The highest BCUT2D eigenvalue weighted by atomic mass is 16.4. The van der Waals surface area contributed by atoms with Crippen LogP contribution in [0.4, 0.5) is 4.79 Å². The second-order valence-electron chi connectivity index (χ2n) is 5.23. The van der Waals surface area contributed by atoms with E-state index in [1.807, 2.05) is 20.8 Å². The van der Waals surface area contributed by atoms with E-state index in [2.05, 4.69) is 0 Å². The van der Waals surface area contributed by atoms with Gasteiger partial charge in [0.25, 0.3) is 0 Å². The van der Waals surface area contributed by atoms with Gasteiger partial charge in [-0.25, -0.2) is 4.79 Å². The lowest BCUT2D eigenvalue weighted by Crippen LogP contribution is -2.54. The first-order valence-corrected chi connectivity index (χ1v) is 5.33. The molecule has 1 N–H and O–H groups in total. The molecule has 0 aliphatic carbocycles. The molecule has 15 heavy (non-hydrogen) atoms. The van der Waals surface area contributed by atoms with Crippen LogP contribution in [-0.2, 0) is 4.79 Å². The van der Waals surface area contributed by atoms with Crippen LogP contribution in [0.5, 0.6) is 0 Å². The smallest absolute Gasteiger partial charge is 0.407 e. The quantitative estimate of drug-likeness (QED) is 0.678. The number of likely N-dealkylation sites (tertiary alicyclic amines) is 1. The number of rotatable bonds is 1. The van der Waals surface area contributed by atoms with Crippen molar-refractivity contribution in [2.45, 2.75) is 39.7 Å². The fraction of sp³-hybridized carbons (Fsp3) is 0.818. The van der Waals surface area contributed by atoms with Crippen LogP contribution in [0.15, 0.2) is 0 Å². The van der Waals surface area contributed by atoms with E-state index in [9.17, 15) is 9.59 Å². The molecule has 1 rings (SSSR count). The van der Waals surface area contributed by atoms with E-state index in [0.29, 0.717) is 6.54 Å². The number of carbonyl (C=O) groups excluding carboxylic acids is 1. The molecule has 1 unspecified atom stereocenters. The Labute approximate surface area is 90.3 Å². The largest absolute Gasteiger partial charge is 0.465 e. The summed E-state index contributed by atoms with van der Waals surface area (Å²) in [7, 11) is 0. The minimum Gasteiger partial charge on any atom is -0.465 e. The molecule has 2 atom stereocenters. The van der Waals surface area contributed by atoms with Gasteiger partial charge < -0.3 is 14.8 Å². The Morgan fingerprint density at radius 3 is 2.47 bits per heavy atom. The average Bonchev–Trinajstić information content (AvgIpc) is 2.15. The number of piperidine rings is 1. The van der Waals surface area contributed by atoms with E-state index in [1.54, 1.807) is 0 Å². The molecule has 0 bridgehead atoms. The van der Waals surface area contributed by atoms with Gasteiger partial charge in [-0.3, -0.25) is 0 Å². The molecule has 1 fully saturated rings. The number of carboxylic acid groups (broad SMARTS) is 1. The molecular formula is C11H19NO3. The van der Waals surface area contributed by atoms with E-state index in [4.69, 9.17) is 5.11 Å². The number of hydrogen-bond donors (Lipinski definition) is 1. The van der Waals surface area contributed by atoms with E-state index >= 15 is 0 Å². The topological polar surface area (TPSA) is 57.6 Å².